The molecule has 0 aliphatic rings. The minimum absolute atomic E-state index is 0.0238. The smallest absolute Gasteiger partial charge is 0.339 e. The van der Waals surface area contributed by atoms with Gasteiger partial charge in [0.15, 0.2) is 5.76 Å². The number of aromatic nitrogens is 2. The second-order valence-electron chi connectivity index (χ2n) is 5.96. The fraction of sp³-hybridized carbons (Fsp3) is 0.471. The zero-order valence-corrected chi connectivity index (χ0v) is 14.6. The molecule has 2 aromatic heterocycles. The quantitative estimate of drug-likeness (QED) is 0.845. The molecule has 0 spiro atoms. The molecular weight excluding hydrogens is 310 g/mol. The fourth-order valence-electron chi connectivity index (χ4n) is 2.75. The van der Waals surface area contributed by atoms with Gasteiger partial charge in [-0.3, -0.25) is 9.48 Å². The van der Waals surface area contributed by atoms with E-state index >= 15 is 0 Å². The van der Waals surface area contributed by atoms with Gasteiger partial charge >= 0.3 is 5.97 Å². The van der Waals surface area contributed by atoms with E-state index in [0.29, 0.717) is 18.6 Å². The summed E-state index contributed by atoms with van der Waals surface area (Å²) in [7, 11) is 1.89. The van der Waals surface area contributed by atoms with Crippen LogP contribution in [0.15, 0.2) is 10.5 Å². The van der Waals surface area contributed by atoms with Crippen LogP contribution in [0.2, 0.25) is 0 Å². The molecule has 0 aromatic carbocycles. The lowest BCUT2D eigenvalue weighted by atomic mass is 10.1. The lowest BCUT2D eigenvalue weighted by Gasteiger charge is -2.13. The van der Waals surface area contributed by atoms with Gasteiger partial charge < -0.3 is 14.8 Å². The molecule has 2 heterocycles. The molecule has 1 unspecified atom stereocenters. The Bertz CT molecular complexity index is 773. The summed E-state index contributed by atoms with van der Waals surface area (Å²) in [5.41, 5.74) is 3.14. The Morgan fingerprint density at radius 3 is 2.54 bits per heavy atom. The Morgan fingerprint density at radius 1 is 1.42 bits per heavy atom. The molecular formula is C17H23N3O4. The first-order valence-electron chi connectivity index (χ1n) is 7.90. The van der Waals surface area contributed by atoms with E-state index < -0.39 is 11.9 Å². The number of carboxylic acids is 1. The third kappa shape index (κ3) is 3.50. The molecule has 0 bridgehead atoms. The summed E-state index contributed by atoms with van der Waals surface area (Å²) < 4.78 is 7.20. The van der Waals surface area contributed by atoms with Crippen molar-refractivity contribution in [1.82, 2.24) is 15.1 Å². The van der Waals surface area contributed by atoms with Crippen molar-refractivity contribution in [1.29, 1.82) is 0 Å². The molecule has 0 aliphatic heterocycles. The van der Waals surface area contributed by atoms with Gasteiger partial charge in [0.05, 0.1) is 5.69 Å². The number of amides is 1. The molecule has 2 aromatic rings. The predicted molar refractivity (Wildman–Crippen MR) is 88.4 cm³/mol. The van der Waals surface area contributed by atoms with Gasteiger partial charge in [-0.05, 0) is 32.8 Å². The van der Waals surface area contributed by atoms with Crippen molar-refractivity contribution in [2.45, 2.75) is 46.6 Å². The summed E-state index contributed by atoms with van der Waals surface area (Å²) >= 11 is 0. The molecule has 1 atom stereocenters. The number of carbonyl (C=O) groups excluding carboxylic acids is 1. The molecule has 130 valence electrons. The van der Waals surface area contributed by atoms with Crippen LogP contribution in [-0.4, -0.2) is 32.8 Å². The Balaban J connectivity index is 2.10. The normalized spacial score (nSPS) is 12.2. The molecule has 0 aliphatic carbocycles. The minimum Gasteiger partial charge on any atom is -0.478 e. The van der Waals surface area contributed by atoms with Gasteiger partial charge in [0.25, 0.3) is 5.91 Å². The molecule has 7 nitrogen and oxygen atoms in total. The highest BCUT2D eigenvalue weighted by Gasteiger charge is 2.22. The van der Waals surface area contributed by atoms with Gasteiger partial charge in [-0.25, -0.2) is 4.79 Å². The number of carbonyl (C=O) groups is 2. The number of nitrogens with zero attached hydrogens (tertiary/aromatic N) is 2. The Hall–Kier alpha value is -2.57. The average Bonchev–Trinajstić information content (AvgIpc) is 3.04. The standard InChI is InChI=1S/C17H23N3O4/c1-6-14-13(17(22)23)8-15(24-14)16(21)18-9(2)7-12-10(3)19-20(5)11(12)4/h8-9H,6-7H2,1-5H3,(H,18,21)(H,22,23). The Labute approximate surface area is 140 Å². The van der Waals surface area contributed by atoms with Crippen LogP contribution >= 0.6 is 0 Å². The molecule has 1 amide bonds. The largest absolute Gasteiger partial charge is 0.478 e. The first-order chi connectivity index (χ1) is 11.2. The number of hydrogen-bond acceptors (Lipinski definition) is 4. The van der Waals surface area contributed by atoms with Crippen molar-refractivity contribution in [3.05, 3.63) is 40.1 Å². The van der Waals surface area contributed by atoms with Gasteiger partial charge in [-0.1, -0.05) is 6.92 Å². The summed E-state index contributed by atoms with van der Waals surface area (Å²) in [4.78, 5) is 23.5. The third-order valence-corrected chi connectivity index (χ3v) is 4.13. The SMILES string of the molecule is CCc1oc(C(=O)NC(C)Cc2c(C)nn(C)c2C)cc1C(=O)O. The number of nitrogens with one attached hydrogen (secondary N) is 1. The van der Waals surface area contributed by atoms with E-state index in [2.05, 4.69) is 10.4 Å². The third-order valence-electron chi connectivity index (χ3n) is 4.13. The number of carboxylic acid groups (broad SMARTS) is 1. The molecule has 2 N–H and O–H groups in total. The molecule has 2 rings (SSSR count). The first-order valence-corrected chi connectivity index (χ1v) is 7.90. The van der Waals surface area contributed by atoms with E-state index in [-0.39, 0.29) is 17.4 Å². The highest BCUT2D eigenvalue weighted by molar-refractivity contribution is 5.96. The van der Waals surface area contributed by atoms with Gasteiger partial charge in [0.1, 0.15) is 11.3 Å². The van der Waals surface area contributed by atoms with E-state index in [0.717, 1.165) is 17.0 Å². The second kappa shape index (κ2) is 6.90. The summed E-state index contributed by atoms with van der Waals surface area (Å²) in [5, 5.41) is 16.3. The first kappa shape index (κ1) is 17.8. The maximum absolute atomic E-state index is 12.3. The van der Waals surface area contributed by atoms with Crippen LogP contribution in [0.5, 0.6) is 0 Å². The van der Waals surface area contributed by atoms with Crippen molar-refractivity contribution in [3.8, 4) is 0 Å². The van der Waals surface area contributed by atoms with Crippen molar-refractivity contribution in [3.63, 3.8) is 0 Å². The summed E-state index contributed by atoms with van der Waals surface area (Å²) in [6.07, 6.45) is 1.06. The lowest BCUT2D eigenvalue weighted by molar-refractivity contribution is 0.0694. The van der Waals surface area contributed by atoms with E-state index in [1.165, 1.54) is 6.07 Å². The van der Waals surface area contributed by atoms with Crippen LogP contribution in [0.3, 0.4) is 0 Å². The maximum Gasteiger partial charge on any atom is 0.339 e. The number of aromatic carboxylic acids is 1. The van der Waals surface area contributed by atoms with Gasteiger partial charge in [0.2, 0.25) is 0 Å². The zero-order valence-electron chi connectivity index (χ0n) is 14.6. The fourth-order valence-corrected chi connectivity index (χ4v) is 2.75. The minimum atomic E-state index is -1.09. The molecule has 24 heavy (non-hydrogen) atoms. The number of aryl methyl sites for hydroxylation is 3. The van der Waals surface area contributed by atoms with Crippen LogP contribution in [0.25, 0.3) is 0 Å². The van der Waals surface area contributed by atoms with E-state index in [4.69, 9.17) is 9.52 Å². The van der Waals surface area contributed by atoms with Gasteiger partial charge in [-0.2, -0.15) is 5.10 Å². The Kier molecular flexibility index (Phi) is 5.11. The molecule has 0 saturated heterocycles. The van der Waals surface area contributed by atoms with E-state index in [9.17, 15) is 9.59 Å². The highest BCUT2D eigenvalue weighted by atomic mass is 16.4. The van der Waals surface area contributed by atoms with Gasteiger partial charge in [0, 0.05) is 31.3 Å². The summed E-state index contributed by atoms with van der Waals surface area (Å²) in [5.74, 6) is -1.18. The maximum atomic E-state index is 12.3. The molecule has 0 radical (unpaired) electrons. The monoisotopic (exact) mass is 333 g/mol. The van der Waals surface area contributed by atoms with Gasteiger partial charge in [-0.15, -0.1) is 0 Å². The van der Waals surface area contributed by atoms with Crippen LogP contribution in [-0.2, 0) is 19.9 Å². The predicted octanol–water partition coefficient (Wildman–Crippen LogP) is 2.25. The van der Waals surface area contributed by atoms with Crippen LogP contribution in [0.1, 0.15) is 57.5 Å². The summed E-state index contributed by atoms with van der Waals surface area (Å²) in [6.45, 7) is 7.61. The Morgan fingerprint density at radius 2 is 2.08 bits per heavy atom. The van der Waals surface area contributed by atoms with E-state index in [1.807, 2.05) is 32.5 Å². The molecule has 0 fully saturated rings. The van der Waals surface area contributed by atoms with Crippen molar-refractivity contribution < 1.29 is 19.1 Å². The van der Waals surface area contributed by atoms with Crippen LogP contribution < -0.4 is 5.32 Å². The zero-order chi connectivity index (χ0) is 18.0. The number of rotatable bonds is 6. The highest BCUT2D eigenvalue weighted by Crippen LogP contribution is 2.18. The number of furan rings is 1. The molecule has 0 saturated carbocycles. The van der Waals surface area contributed by atoms with Crippen LogP contribution in [0.4, 0.5) is 0 Å². The second-order valence-corrected chi connectivity index (χ2v) is 5.96. The van der Waals surface area contributed by atoms with Crippen molar-refractivity contribution in [2.24, 2.45) is 7.05 Å². The summed E-state index contributed by atoms with van der Waals surface area (Å²) in [6, 6.07) is 1.15. The van der Waals surface area contributed by atoms with Crippen molar-refractivity contribution >= 4 is 11.9 Å². The number of hydrogen-bond donors (Lipinski definition) is 2. The topological polar surface area (TPSA) is 97.4 Å². The average molecular weight is 333 g/mol. The lowest BCUT2D eigenvalue weighted by Crippen LogP contribution is -2.34. The van der Waals surface area contributed by atoms with Crippen molar-refractivity contribution in [2.75, 3.05) is 0 Å². The molecule has 7 heteroatoms. The van der Waals surface area contributed by atoms with E-state index in [1.54, 1.807) is 6.92 Å². The van der Waals surface area contributed by atoms with Crippen LogP contribution in [0, 0.1) is 13.8 Å².